The summed E-state index contributed by atoms with van der Waals surface area (Å²) in [6.07, 6.45) is 0. The van der Waals surface area contributed by atoms with Crippen LogP contribution in [0.15, 0.2) is 24.3 Å². The smallest absolute Gasteiger partial charge is 0.872 e. The molecule has 1 aromatic rings. The third-order valence-electron chi connectivity index (χ3n) is 1.40. The predicted octanol–water partition coefficient (Wildman–Crippen LogP) is -3.49. The zero-order chi connectivity index (χ0) is 8.10. The first-order chi connectivity index (χ1) is 5.33. The van der Waals surface area contributed by atoms with Crippen molar-refractivity contribution in [2.75, 3.05) is 6.61 Å². The first-order valence-corrected chi connectivity index (χ1v) is 4.95. The Kier molecular flexibility index (Phi) is 6.79. The van der Waals surface area contributed by atoms with Gasteiger partial charge >= 0.3 is 29.6 Å². The minimum absolute atomic E-state index is 0. The van der Waals surface area contributed by atoms with Crippen molar-refractivity contribution < 1.29 is 39.1 Å². The number of hydrogen-bond donors (Lipinski definition) is 0. The second kappa shape index (κ2) is 6.68. The van der Waals surface area contributed by atoms with Crippen LogP contribution < -0.4 is 39.9 Å². The Morgan fingerprint density at radius 2 is 1.92 bits per heavy atom. The van der Waals surface area contributed by atoms with Gasteiger partial charge in [0.05, 0.1) is 0 Å². The van der Waals surface area contributed by atoms with Crippen LogP contribution in [-0.4, -0.2) is 16.4 Å². The van der Waals surface area contributed by atoms with Gasteiger partial charge in [-0.05, 0) is 12.1 Å². The van der Waals surface area contributed by atoms with Crippen molar-refractivity contribution in [3.8, 4) is 5.75 Å². The Hall–Kier alpha value is 0.197. The van der Waals surface area contributed by atoms with Crippen molar-refractivity contribution in [3.63, 3.8) is 0 Å². The summed E-state index contributed by atoms with van der Waals surface area (Å²) < 4.78 is 5.30. The monoisotopic (exact) mass is 190 g/mol. The third-order valence-corrected chi connectivity index (χ3v) is 2.81. The fraction of sp³-hybridized carbons (Fsp3) is 0.250. The fourth-order valence-corrected chi connectivity index (χ4v) is 1.67. The van der Waals surface area contributed by atoms with E-state index in [0.717, 1.165) is 6.61 Å². The van der Waals surface area contributed by atoms with E-state index >= 15 is 0 Å². The maximum absolute atomic E-state index is 10.7. The van der Waals surface area contributed by atoms with Crippen LogP contribution >= 0.6 is 0 Å². The van der Waals surface area contributed by atoms with E-state index in [1.807, 2.05) is 19.1 Å². The largest absolute Gasteiger partial charge is 1.00 e. The van der Waals surface area contributed by atoms with E-state index in [1.54, 1.807) is 12.1 Å². The molecule has 0 N–H and O–H groups in total. The van der Waals surface area contributed by atoms with Gasteiger partial charge in [0.25, 0.3) is 0 Å². The maximum Gasteiger partial charge on any atom is 1.00 e. The van der Waals surface area contributed by atoms with Gasteiger partial charge in [-0.15, -0.1) is 5.75 Å². The van der Waals surface area contributed by atoms with Gasteiger partial charge in [-0.25, -0.2) is 0 Å². The van der Waals surface area contributed by atoms with E-state index in [0.29, 0.717) is 0 Å². The molecule has 0 saturated carbocycles. The Morgan fingerprint density at radius 3 is 2.42 bits per heavy atom. The quantitative estimate of drug-likeness (QED) is 0.464. The van der Waals surface area contributed by atoms with Gasteiger partial charge in [0.1, 0.15) is 0 Å². The normalized spacial score (nSPS) is 10.1. The molecule has 4 heteroatoms. The van der Waals surface area contributed by atoms with Crippen LogP contribution in [-0.2, 0) is 4.43 Å². The number of rotatable bonds is 3. The molecule has 0 saturated heterocycles. The number of hydrogen-bond acceptors (Lipinski definition) is 2. The third kappa shape index (κ3) is 4.28. The first kappa shape index (κ1) is 12.2. The number of benzene rings is 1. The summed E-state index contributed by atoms with van der Waals surface area (Å²) in [5.74, 6) is 0.0687. The molecule has 0 aliphatic rings. The van der Waals surface area contributed by atoms with E-state index in [2.05, 4.69) is 0 Å². The minimum Gasteiger partial charge on any atom is -0.872 e. The molecule has 12 heavy (non-hydrogen) atoms. The first-order valence-electron chi connectivity index (χ1n) is 3.66. The molecule has 0 bridgehead atoms. The van der Waals surface area contributed by atoms with Gasteiger partial charge in [0, 0.05) is 6.61 Å². The van der Waals surface area contributed by atoms with Gasteiger partial charge in [0.2, 0.25) is 0 Å². The van der Waals surface area contributed by atoms with Crippen LogP contribution in [0.25, 0.3) is 0 Å². The summed E-state index contributed by atoms with van der Waals surface area (Å²) in [7, 11) is -0.566. The Bertz CT molecular complexity index is 213. The molecular formula is C8H11NaO2Si. The molecule has 0 aromatic heterocycles. The zero-order valence-corrected chi connectivity index (χ0v) is 11.0. The molecule has 0 aliphatic carbocycles. The predicted molar refractivity (Wildman–Crippen MR) is 45.7 cm³/mol. The minimum atomic E-state index is -0.566. The van der Waals surface area contributed by atoms with Crippen molar-refractivity contribution in [2.45, 2.75) is 6.92 Å². The summed E-state index contributed by atoms with van der Waals surface area (Å²) in [4.78, 5) is 0. The molecule has 0 fully saturated rings. The van der Waals surface area contributed by atoms with Crippen LogP contribution in [0.4, 0.5) is 0 Å². The molecule has 1 aromatic carbocycles. The van der Waals surface area contributed by atoms with Crippen molar-refractivity contribution in [1.82, 2.24) is 0 Å². The van der Waals surface area contributed by atoms with Gasteiger partial charge in [-0.2, -0.15) is 0 Å². The molecule has 0 unspecified atom stereocenters. The van der Waals surface area contributed by atoms with Crippen LogP contribution in [0.5, 0.6) is 5.75 Å². The molecule has 0 radical (unpaired) electrons. The van der Waals surface area contributed by atoms with Gasteiger partial charge < -0.3 is 9.53 Å². The second-order valence-corrected chi connectivity index (χ2v) is 3.79. The van der Waals surface area contributed by atoms with Crippen molar-refractivity contribution in [1.29, 1.82) is 0 Å². The van der Waals surface area contributed by atoms with E-state index in [-0.39, 0.29) is 35.3 Å². The van der Waals surface area contributed by atoms with Crippen molar-refractivity contribution in [3.05, 3.63) is 24.3 Å². The van der Waals surface area contributed by atoms with E-state index in [4.69, 9.17) is 4.43 Å². The maximum atomic E-state index is 10.7. The Balaban J connectivity index is 0.00000121. The average Bonchev–Trinajstić information content (AvgIpc) is 2.04. The fourth-order valence-electron chi connectivity index (χ4n) is 0.806. The Morgan fingerprint density at radius 1 is 1.33 bits per heavy atom. The zero-order valence-electron chi connectivity index (χ0n) is 7.54. The van der Waals surface area contributed by atoms with Gasteiger partial charge in [0.15, 0.2) is 9.76 Å². The molecule has 0 aliphatic heterocycles. The van der Waals surface area contributed by atoms with Crippen molar-refractivity contribution in [2.24, 2.45) is 0 Å². The summed E-state index contributed by atoms with van der Waals surface area (Å²) in [5, 5.41) is 11.9. The van der Waals surface area contributed by atoms with Gasteiger partial charge in [-0.1, -0.05) is 24.3 Å². The molecule has 60 valence electrons. The standard InChI is InChI=1S/C8H12O2Si.Na/c1-2-10-11-8-5-3-7(9)4-6-8;/h3-6,9H,2,11H2,1H3;/q;+1/p-1. The van der Waals surface area contributed by atoms with Crippen LogP contribution in [0.2, 0.25) is 0 Å². The molecular weight excluding hydrogens is 179 g/mol. The SMILES string of the molecule is CCO[SiH2]c1ccc([O-])cc1.[Na+]. The molecule has 1 rings (SSSR count). The van der Waals surface area contributed by atoms with Crippen molar-refractivity contribution >= 4 is 14.9 Å². The second-order valence-electron chi connectivity index (χ2n) is 2.28. The van der Waals surface area contributed by atoms with E-state index in [1.165, 1.54) is 5.19 Å². The van der Waals surface area contributed by atoms with E-state index < -0.39 is 9.76 Å². The summed E-state index contributed by atoms with van der Waals surface area (Å²) in [6, 6.07) is 6.87. The molecule has 0 heterocycles. The molecule has 0 atom stereocenters. The Labute approximate surface area is 97.2 Å². The molecule has 0 spiro atoms. The van der Waals surface area contributed by atoms with Gasteiger partial charge in [-0.3, -0.25) is 0 Å². The van der Waals surface area contributed by atoms with Crippen LogP contribution in [0.1, 0.15) is 6.92 Å². The van der Waals surface area contributed by atoms with E-state index in [9.17, 15) is 5.11 Å². The average molecular weight is 190 g/mol. The van der Waals surface area contributed by atoms with Crippen LogP contribution in [0.3, 0.4) is 0 Å². The molecule has 0 amide bonds. The topological polar surface area (TPSA) is 32.3 Å². The molecule has 2 nitrogen and oxygen atoms in total. The summed E-state index contributed by atoms with van der Waals surface area (Å²) >= 11 is 0. The summed E-state index contributed by atoms with van der Waals surface area (Å²) in [5.41, 5.74) is 0. The summed E-state index contributed by atoms with van der Waals surface area (Å²) in [6.45, 7) is 2.75. The van der Waals surface area contributed by atoms with Crippen LogP contribution in [0, 0.1) is 0 Å².